The van der Waals surface area contributed by atoms with E-state index in [0.29, 0.717) is 49.5 Å². The van der Waals surface area contributed by atoms with Gasteiger partial charge in [-0.1, -0.05) is 6.92 Å². The summed E-state index contributed by atoms with van der Waals surface area (Å²) in [6.07, 6.45) is 1.19. The lowest BCUT2D eigenvalue weighted by Gasteiger charge is -2.26. The second-order valence-corrected chi connectivity index (χ2v) is 9.87. The summed E-state index contributed by atoms with van der Waals surface area (Å²) in [5.41, 5.74) is 1.37. The van der Waals surface area contributed by atoms with Gasteiger partial charge in [-0.05, 0) is 55.0 Å². The Morgan fingerprint density at radius 2 is 1.37 bits per heavy atom. The number of benzene rings is 2. The molecule has 35 heavy (non-hydrogen) atoms. The molecule has 3 rings (SSSR count). The number of rotatable bonds is 10. The summed E-state index contributed by atoms with van der Waals surface area (Å²) in [4.78, 5) is 36.4. The molecule has 10 nitrogen and oxygen atoms in total. The van der Waals surface area contributed by atoms with Crippen molar-refractivity contribution in [2.45, 2.75) is 24.7 Å². The van der Waals surface area contributed by atoms with E-state index in [0.717, 1.165) is 6.42 Å². The highest BCUT2D eigenvalue weighted by molar-refractivity contribution is 7.89. The fraction of sp³-hybridized carbons (Fsp3) is 0.375. The van der Waals surface area contributed by atoms with Gasteiger partial charge in [-0.2, -0.15) is 4.31 Å². The Hall–Kier alpha value is -3.28. The van der Waals surface area contributed by atoms with Gasteiger partial charge in [-0.25, -0.2) is 8.42 Å². The summed E-state index contributed by atoms with van der Waals surface area (Å²) in [6.45, 7) is 3.65. The number of hydrogen-bond donors (Lipinski definition) is 3. The number of hydrogen-bond acceptors (Lipinski definition) is 6. The van der Waals surface area contributed by atoms with Gasteiger partial charge in [0.05, 0.1) is 18.1 Å². The van der Waals surface area contributed by atoms with Crippen molar-refractivity contribution < 1.29 is 27.5 Å². The molecule has 0 aromatic heterocycles. The molecule has 0 unspecified atom stereocenters. The van der Waals surface area contributed by atoms with E-state index in [2.05, 4.69) is 16.0 Å². The standard InChI is InChI=1S/C24H30N4O6S/c1-2-3-22(29)27-20-8-4-18(5-9-20)23(30)25-12-13-26-24(31)19-6-10-21(11-7-19)35(32,33)28-14-16-34-17-15-28/h4-11H,2-3,12-17H2,1H3,(H,25,30)(H,26,31)(H,27,29). The van der Waals surface area contributed by atoms with Crippen LogP contribution in [0.15, 0.2) is 53.4 Å². The van der Waals surface area contributed by atoms with Crippen molar-refractivity contribution in [3.05, 3.63) is 59.7 Å². The lowest BCUT2D eigenvalue weighted by atomic mass is 10.2. The van der Waals surface area contributed by atoms with Crippen LogP contribution in [0.5, 0.6) is 0 Å². The van der Waals surface area contributed by atoms with Crippen LogP contribution in [-0.2, 0) is 19.6 Å². The number of nitrogens with one attached hydrogen (secondary N) is 3. The van der Waals surface area contributed by atoms with E-state index in [9.17, 15) is 22.8 Å². The summed E-state index contributed by atoms with van der Waals surface area (Å²) in [7, 11) is -3.62. The highest BCUT2D eigenvalue weighted by atomic mass is 32.2. The summed E-state index contributed by atoms with van der Waals surface area (Å²) in [6, 6.07) is 12.3. The first-order valence-corrected chi connectivity index (χ1v) is 12.9. The lowest BCUT2D eigenvalue weighted by Crippen LogP contribution is -2.40. The number of sulfonamides is 1. The molecule has 2 aromatic carbocycles. The molecule has 0 bridgehead atoms. The summed E-state index contributed by atoms with van der Waals surface area (Å²) in [5, 5.41) is 8.17. The van der Waals surface area contributed by atoms with E-state index < -0.39 is 10.0 Å². The van der Waals surface area contributed by atoms with Crippen molar-refractivity contribution in [2.75, 3.05) is 44.7 Å². The molecule has 3 amide bonds. The quantitative estimate of drug-likeness (QED) is 0.423. The average molecular weight is 503 g/mol. The van der Waals surface area contributed by atoms with E-state index in [1.54, 1.807) is 24.3 Å². The molecule has 1 fully saturated rings. The fourth-order valence-electron chi connectivity index (χ4n) is 3.43. The van der Waals surface area contributed by atoms with Crippen LogP contribution >= 0.6 is 0 Å². The number of nitrogens with zero attached hydrogens (tertiary/aromatic N) is 1. The van der Waals surface area contributed by atoms with Crippen LogP contribution in [0, 0.1) is 0 Å². The van der Waals surface area contributed by atoms with Gasteiger partial charge in [0.1, 0.15) is 0 Å². The normalized spacial score (nSPS) is 14.2. The number of anilines is 1. The Morgan fingerprint density at radius 1 is 0.857 bits per heavy atom. The predicted molar refractivity (Wildman–Crippen MR) is 131 cm³/mol. The SMILES string of the molecule is CCCC(=O)Nc1ccc(C(=O)NCCNC(=O)c2ccc(S(=O)(=O)N3CCOCC3)cc2)cc1. The van der Waals surface area contributed by atoms with Gasteiger partial charge >= 0.3 is 0 Å². The van der Waals surface area contributed by atoms with Crippen LogP contribution in [0.3, 0.4) is 0 Å². The zero-order valence-corrected chi connectivity index (χ0v) is 20.4. The fourth-order valence-corrected chi connectivity index (χ4v) is 4.83. The monoisotopic (exact) mass is 502 g/mol. The van der Waals surface area contributed by atoms with Crippen LogP contribution in [0.2, 0.25) is 0 Å². The van der Waals surface area contributed by atoms with Gasteiger partial charge in [-0.3, -0.25) is 14.4 Å². The molecule has 188 valence electrons. The number of amides is 3. The molecule has 1 heterocycles. The topological polar surface area (TPSA) is 134 Å². The Bertz CT molecular complexity index is 1130. The first-order chi connectivity index (χ1) is 16.8. The molecule has 1 saturated heterocycles. The van der Waals surface area contributed by atoms with E-state index in [1.165, 1.54) is 28.6 Å². The van der Waals surface area contributed by atoms with Crippen molar-refractivity contribution in [1.82, 2.24) is 14.9 Å². The van der Waals surface area contributed by atoms with Gasteiger partial charge in [0, 0.05) is 49.4 Å². The molecule has 0 radical (unpaired) electrons. The molecule has 0 saturated carbocycles. The Morgan fingerprint density at radius 3 is 1.89 bits per heavy atom. The number of carbonyl (C=O) groups excluding carboxylic acids is 3. The molecule has 2 aromatic rings. The first kappa shape index (κ1) is 26.3. The summed E-state index contributed by atoms with van der Waals surface area (Å²) in [5.74, 6) is -0.751. The third kappa shape index (κ3) is 7.35. The molecular formula is C24H30N4O6S. The zero-order valence-electron chi connectivity index (χ0n) is 19.6. The molecule has 11 heteroatoms. The highest BCUT2D eigenvalue weighted by Crippen LogP contribution is 2.17. The van der Waals surface area contributed by atoms with Crippen molar-refractivity contribution in [2.24, 2.45) is 0 Å². The third-order valence-corrected chi connectivity index (χ3v) is 7.24. The van der Waals surface area contributed by atoms with Gasteiger partial charge in [-0.15, -0.1) is 0 Å². The molecule has 1 aliphatic heterocycles. The van der Waals surface area contributed by atoms with E-state index in [-0.39, 0.29) is 35.7 Å². The minimum atomic E-state index is -3.62. The molecule has 0 atom stereocenters. The maximum atomic E-state index is 12.7. The van der Waals surface area contributed by atoms with E-state index >= 15 is 0 Å². The maximum absolute atomic E-state index is 12.7. The summed E-state index contributed by atoms with van der Waals surface area (Å²) < 4.78 is 31.9. The van der Waals surface area contributed by atoms with Gasteiger partial charge < -0.3 is 20.7 Å². The highest BCUT2D eigenvalue weighted by Gasteiger charge is 2.26. The second kappa shape index (κ2) is 12.4. The average Bonchev–Trinajstić information content (AvgIpc) is 2.87. The van der Waals surface area contributed by atoms with E-state index in [4.69, 9.17) is 4.74 Å². The first-order valence-electron chi connectivity index (χ1n) is 11.5. The summed E-state index contributed by atoms with van der Waals surface area (Å²) >= 11 is 0. The van der Waals surface area contributed by atoms with Crippen molar-refractivity contribution in [1.29, 1.82) is 0 Å². The maximum Gasteiger partial charge on any atom is 0.251 e. The van der Waals surface area contributed by atoms with Crippen LogP contribution in [0.1, 0.15) is 40.5 Å². The lowest BCUT2D eigenvalue weighted by molar-refractivity contribution is -0.116. The molecule has 0 aliphatic carbocycles. The van der Waals surface area contributed by atoms with Crippen molar-refractivity contribution in [3.63, 3.8) is 0 Å². The minimum absolute atomic E-state index is 0.0752. The van der Waals surface area contributed by atoms with Crippen molar-refractivity contribution in [3.8, 4) is 0 Å². The zero-order chi connectivity index (χ0) is 25.3. The number of morpholine rings is 1. The van der Waals surface area contributed by atoms with Crippen LogP contribution < -0.4 is 16.0 Å². The second-order valence-electron chi connectivity index (χ2n) is 7.93. The molecule has 1 aliphatic rings. The smallest absolute Gasteiger partial charge is 0.251 e. The molecular weight excluding hydrogens is 472 g/mol. The Kier molecular flexibility index (Phi) is 9.35. The van der Waals surface area contributed by atoms with Gasteiger partial charge in [0.2, 0.25) is 15.9 Å². The largest absolute Gasteiger partial charge is 0.379 e. The minimum Gasteiger partial charge on any atom is -0.379 e. The molecule has 3 N–H and O–H groups in total. The predicted octanol–water partition coefficient (Wildman–Crippen LogP) is 1.61. The van der Waals surface area contributed by atoms with Crippen LogP contribution in [0.4, 0.5) is 5.69 Å². The number of ether oxygens (including phenoxy) is 1. The van der Waals surface area contributed by atoms with Crippen LogP contribution in [0.25, 0.3) is 0 Å². The van der Waals surface area contributed by atoms with Gasteiger partial charge in [0.25, 0.3) is 11.8 Å². The Labute approximate surface area is 205 Å². The number of carbonyl (C=O) groups is 3. The van der Waals surface area contributed by atoms with Crippen LogP contribution in [-0.4, -0.2) is 69.8 Å². The van der Waals surface area contributed by atoms with Gasteiger partial charge in [0.15, 0.2) is 0 Å². The van der Waals surface area contributed by atoms with E-state index in [1.807, 2.05) is 6.92 Å². The Balaban J connectivity index is 1.43. The molecule has 0 spiro atoms. The van der Waals surface area contributed by atoms with Crippen molar-refractivity contribution >= 4 is 33.4 Å². The third-order valence-electron chi connectivity index (χ3n) is 5.33.